The minimum Gasteiger partial charge on any atom is -0.393 e. The molecule has 3 heterocycles. The fourth-order valence-electron chi connectivity index (χ4n) is 4.57. The molecule has 1 aromatic carbocycles. The van der Waals surface area contributed by atoms with Crippen LogP contribution in [0.2, 0.25) is 5.02 Å². The van der Waals surface area contributed by atoms with E-state index >= 15 is 0 Å². The van der Waals surface area contributed by atoms with Crippen molar-refractivity contribution >= 4 is 23.5 Å². The van der Waals surface area contributed by atoms with Gasteiger partial charge in [-0.25, -0.2) is 9.97 Å². The smallest absolute Gasteiger partial charge is 0.272 e. The number of aromatic nitrogens is 4. The fourth-order valence-corrected chi connectivity index (χ4v) is 4.76. The van der Waals surface area contributed by atoms with Gasteiger partial charge in [0.05, 0.1) is 11.6 Å². The summed E-state index contributed by atoms with van der Waals surface area (Å²) >= 11 is 6.17. The van der Waals surface area contributed by atoms with E-state index in [2.05, 4.69) is 25.6 Å². The second-order valence-electron chi connectivity index (χ2n) is 9.01. The summed E-state index contributed by atoms with van der Waals surface area (Å²) < 4.78 is 7.13. The molecular weight excluding hydrogens is 456 g/mol. The SMILES string of the molecule is Cc1cnc(NC2CCOCC2)nc1-n1cnc(C(=O)N[C@]2(c3cccc(Cl)c3)C[C@H](O)C2)c1. The summed E-state index contributed by atoms with van der Waals surface area (Å²) in [6.07, 6.45) is 7.18. The molecule has 0 bridgehead atoms. The van der Waals surface area contributed by atoms with Gasteiger partial charge in [-0.3, -0.25) is 9.36 Å². The van der Waals surface area contributed by atoms with E-state index in [1.54, 1.807) is 29.4 Å². The van der Waals surface area contributed by atoms with Gasteiger partial charge in [0, 0.05) is 55.1 Å². The van der Waals surface area contributed by atoms with Crippen LogP contribution in [0.3, 0.4) is 0 Å². The third-order valence-corrected chi connectivity index (χ3v) is 6.69. The number of benzene rings is 1. The molecule has 1 saturated heterocycles. The molecule has 3 N–H and O–H groups in total. The number of rotatable bonds is 6. The van der Waals surface area contributed by atoms with Crippen molar-refractivity contribution < 1.29 is 14.6 Å². The van der Waals surface area contributed by atoms with E-state index in [4.69, 9.17) is 16.3 Å². The predicted molar refractivity (Wildman–Crippen MR) is 127 cm³/mol. The van der Waals surface area contributed by atoms with Crippen LogP contribution in [-0.4, -0.2) is 55.9 Å². The van der Waals surface area contributed by atoms with Gasteiger partial charge in [0.1, 0.15) is 17.8 Å². The second kappa shape index (κ2) is 9.32. The Hall–Kier alpha value is -3.01. The van der Waals surface area contributed by atoms with Crippen LogP contribution in [0.15, 0.2) is 43.0 Å². The average molecular weight is 483 g/mol. The number of hydrogen-bond acceptors (Lipinski definition) is 7. The molecule has 1 saturated carbocycles. The molecule has 2 fully saturated rings. The Kier molecular flexibility index (Phi) is 6.24. The lowest BCUT2D eigenvalue weighted by Crippen LogP contribution is -2.56. The van der Waals surface area contributed by atoms with Gasteiger partial charge in [0.25, 0.3) is 5.91 Å². The van der Waals surface area contributed by atoms with Crippen molar-refractivity contribution in [3.63, 3.8) is 0 Å². The lowest BCUT2D eigenvalue weighted by Gasteiger charge is -2.46. The number of anilines is 1. The van der Waals surface area contributed by atoms with Crippen molar-refractivity contribution in [3.8, 4) is 5.82 Å². The third kappa shape index (κ3) is 4.64. The van der Waals surface area contributed by atoms with Crippen LogP contribution in [0, 0.1) is 6.92 Å². The number of carbonyl (C=O) groups is 1. The Morgan fingerprint density at radius 3 is 2.79 bits per heavy atom. The maximum atomic E-state index is 13.1. The van der Waals surface area contributed by atoms with E-state index in [-0.39, 0.29) is 17.6 Å². The van der Waals surface area contributed by atoms with Gasteiger partial charge in [-0.2, -0.15) is 4.98 Å². The molecule has 34 heavy (non-hydrogen) atoms. The van der Waals surface area contributed by atoms with Crippen molar-refractivity contribution in [2.45, 2.75) is 50.3 Å². The van der Waals surface area contributed by atoms with Crippen LogP contribution in [0.1, 0.15) is 47.3 Å². The van der Waals surface area contributed by atoms with E-state index in [1.807, 2.05) is 25.1 Å². The maximum absolute atomic E-state index is 13.1. The van der Waals surface area contributed by atoms with Crippen LogP contribution in [0.4, 0.5) is 5.95 Å². The normalized spacial score (nSPS) is 22.7. The predicted octanol–water partition coefficient (Wildman–Crippen LogP) is 3.00. The summed E-state index contributed by atoms with van der Waals surface area (Å²) in [5.41, 5.74) is 1.32. The first-order valence-electron chi connectivity index (χ1n) is 11.4. The maximum Gasteiger partial charge on any atom is 0.272 e. The lowest BCUT2D eigenvalue weighted by atomic mass is 9.69. The number of aliphatic hydroxyl groups excluding tert-OH is 1. The number of carbonyl (C=O) groups excluding carboxylic acids is 1. The van der Waals surface area contributed by atoms with Crippen molar-refractivity contribution in [3.05, 3.63) is 64.8 Å². The van der Waals surface area contributed by atoms with Gasteiger partial charge in [-0.15, -0.1) is 0 Å². The van der Waals surface area contributed by atoms with E-state index in [0.717, 1.165) is 37.2 Å². The largest absolute Gasteiger partial charge is 0.393 e. The van der Waals surface area contributed by atoms with Gasteiger partial charge >= 0.3 is 0 Å². The fraction of sp³-hybridized carbons (Fsp3) is 0.417. The quantitative estimate of drug-likeness (QED) is 0.494. The van der Waals surface area contributed by atoms with E-state index < -0.39 is 11.6 Å². The molecule has 5 rings (SSSR count). The molecule has 1 aliphatic heterocycles. The summed E-state index contributed by atoms with van der Waals surface area (Å²) in [6.45, 7) is 3.37. The van der Waals surface area contributed by atoms with Crippen molar-refractivity contribution in [2.75, 3.05) is 18.5 Å². The molecule has 1 aliphatic carbocycles. The summed E-state index contributed by atoms with van der Waals surface area (Å²) in [5.74, 6) is 0.869. The first-order chi connectivity index (χ1) is 16.4. The average Bonchev–Trinajstić information content (AvgIpc) is 3.30. The molecule has 2 aromatic heterocycles. The molecule has 0 unspecified atom stereocenters. The third-order valence-electron chi connectivity index (χ3n) is 6.46. The molecule has 2 aliphatic rings. The van der Waals surface area contributed by atoms with Crippen LogP contribution < -0.4 is 10.6 Å². The summed E-state index contributed by atoms with van der Waals surface area (Å²) in [4.78, 5) is 26.5. The minimum absolute atomic E-state index is 0.264. The molecular formula is C24H27ClN6O3. The number of aryl methyl sites for hydroxylation is 1. The molecule has 1 amide bonds. The highest BCUT2D eigenvalue weighted by Crippen LogP contribution is 2.42. The lowest BCUT2D eigenvalue weighted by molar-refractivity contribution is 0.000889. The zero-order valence-electron chi connectivity index (χ0n) is 18.9. The first-order valence-corrected chi connectivity index (χ1v) is 11.8. The Labute approximate surface area is 202 Å². The Morgan fingerprint density at radius 2 is 2.06 bits per heavy atom. The van der Waals surface area contributed by atoms with E-state index in [9.17, 15) is 9.90 Å². The van der Waals surface area contributed by atoms with Gasteiger partial charge in [0.15, 0.2) is 0 Å². The highest BCUT2D eigenvalue weighted by atomic mass is 35.5. The van der Waals surface area contributed by atoms with Crippen LogP contribution in [0.5, 0.6) is 0 Å². The van der Waals surface area contributed by atoms with Crippen molar-refractivity contribution in [2.24, 2.45) is 0 Å². The van der Waals surface area contributed by atoms with Crippen LogP contribution >= 0.6 is 11.6 Å². The van der Waals surface area contributed by atoms with Crippen LogP contribution in [-0.2, 0) is 10.3 Å². The van der Waals surface area contributed by atoms with Gasteiger partial charge in [0.2, 0.25) is 5.95 Å². The number of imidazole rings is 1. The zero-order chi connectivity index (χ0) is 23.7. The molecule has 0 spiro atoms. The number of halogens is 1. The Balaban J connectivity index is 1.34. The Morgan fingerprint density at radius 1 is 1.26 bits per heavy atom. The molecule has 0 radical (unpaired) electrons. The Bertz CT molecular complexity index is 1190. The number of amides is 1. The topological polar surface area (TPSA) is 114 Å². The number of nitrogens with one attached hydrogen (secondary N) is 2. The zero-order valence-corrected chi connectivity index (χ0v) is 19.6. The molecule has 0 atom stereocenters. The summed E-state index contributed by atoms with van der Waals surface area (Å²) in [6, 6.07) is 7.63. The standard InChI is InChI=1S/C24H27ClN6O3/c1-15-12-26-23(28-18-5-7-34-8-6-18)29-21(15)31-13-20(27-14-31)22(33)30-24(10-19(32)11-24)16-3-2-4-17(25)9-16/h2-4,9,12-14,18-19,32H,5-8,10-11H2,1H3,(H,30,33)(H,26,28,29)/t19-,24+. The van der Waals surface area contributed by atoms with Crippen LogP contribution in [0.25, 0.3) is 5.82 Å². The van der Waals surface area contributed by atoms with E-state index in [0.29, 0.717) is 29.6 Å². The number of ether oxygens (including phenoxy) is 1. The van der Waals surface area contributed by atoms with E-state index in [1.165, 1.54) is 0 Å². The highest BCUT2D eigenvalue weighted by molar-refractivity contribution is 6.30. The summed E-state index contributed by atoms with van der Waals surface area (Å²) in [7, 11) is 0. The highest BCUT2D eigenvalue weighted by Gasteiger charge is 2.46. The minimum atomic E-state index is -0.670. The monoisotopic (exact) mass is 482 g/mol. The van der Waals surface area contributed by atoms with Crippen molar-refractivity contribution in [1.29, 1.82) is 0 Å². The molecule has 178 valence electrons. The molecule has 3 aromatic rings. The number of aliphatic hydroxyl groups is 1. The molecule has 9 nitrogen and oxygen atoms in total. The van der Waals surface area contributed by atoms with Gasteiger partial charge in [-0.05, 0) is 37.5 Å². The molecule has 10 heteroatoms. The number of nitrogens with zero attached hydrogens (tertiary/aromatic N) is 4. The summed E-state index contributed by atoms with van der Waals surface area (Å²) in [5, 5.41) is 17.0. The second-order valence-corrected chi connectivity index (χ2v) is 9.44. The first kappa shape index (κ1) is 22.8. The van der Waals surface area contributed by atoms with Gasteiger partial charge < -0.3 is 20.5 Å². The number of hydrogen-bond donors (Lipinski definition) is 3. The van der Waals surface area contributed by atoms with Crippen molar-refractivity contribution in [1.82, 2.24) is 24.8 Å². The van der Waals surface area contributed by atoms with Gasteiger partial charge in [-0.1, -0.05) is 23.7 Å².